The number of amides is 1. The Hall–Kier alpha value is -2.51. The van der Waals surface area contributed by atoms with Crippen molar-refractivity contribution in [3.05, 3.63) is 59.4 Å². The summed E-state index contributed by atoms with van der Waals surface area (Å²) in [7, 11) is 1.61. The highest BCUT2D eigenvalue weighted by atomic mass is 35.5. The van der Waals surface area contributed by atoms with Crippen LogP contribution in [0, 0.1) is 6.92 Å². The van der Waals surface area contributed by atoms with E-state index in [-0.39, 0.29) is 11.7 Å². The third kappa shape index (κ3) is 4.36. The number of rotatable bonds is 6. The van der Waals surface area contributed by atoms with E-state index in [1.54, 1.807) is 24.1 Å². The number of thioether (sulfide) groups is 1. The molecule has 0 saturated carbocycles. The Balaban J connectivity index is 1.67. The van der Waals surface area contributed by atoms with E-state index in [0.717, 1.165) is 17.0 Å². The lowest BCUT2D eigenvalue weighted by molar-refractivity contribution is -0.113. The molecule has 0 aliphatic heterocycles. The zero-order valence-corrected chi connectivity index (χ0v) is 15.8. The molecule has 3 aromatic rings. The summed E-state index contributed by atoms with van der Waals surface area (Å²) < 4.78 is 7.04. The van der Waals surface area contributed by atoms with Crippen LogP contribution in [0.4, 0.5) is 5.69 Å². The largest absolute Gasteiger partial charge is 0.497 e. The van der Waals surface area contributed by atoms with Crippen LogP contribution in [0.25, 0.3) is 5.69 Å². The van der Waals surface area contributed by atoms with Crippen molar-refractivity contribution in [3.63, 3.8) is 0 Å². The van der Waals surface area contributed by atoms with Gasteiger partial charge in [0, 0.05) is 6.07 Å². The van der Waals surface area contributed by atoms with E-state index in [1.165, 1.54) is 11.8 Å². The molecule has 1 heterocycles. The molecule has 0 saturated heterocycles. The topological polar surface area (TPSA) is 69.0 Å². The van der Waals surface area contributed by atoms with E-state index in [4.69, 9.17) is 16.3 Å². The average Bonchev–Trinajstić information content (AvgIpc) is 3.11. The lowest BCUT2D eigenvalue weighted by Gasteiger charge is -2.09. The smallest absolute Gasteiger partial charge is 0.234 e. The number of benzene rings is 2. The van der Waals surface area contributed by atoms with Crippen molar-refractivity contribution >= 4 is 35.0 Å². The Labute approximate surface area is 160 Å². The average molecular weight is 389 g/mol. The van der Waals surface area contributed by atoms with Crippen molar-refractivity contribution in [2.45, 2.75) is 12.1 Å². The Bertz CT molecular complexity index is 929. The van der Waals surface area contributed by atoms with Crippen LogP contribution >= 0.6 is 23.4 Å². The van der Waals surface area contributed by atoms with Crippen LogP contribution in [0.5, 0.6) is 5.75 Å². The van der Waals surface area contributed by atoms with Gasteiger partial charge in [0.05, 0.1) is 29.3 Å². The summed E-state index contributed by atoms with van der Waals surface area (Å²) in [5.41, 5.74) is 2.49. The normalized spacial score (nSPS) is 10.6. The predicted molar refractivity (Wildman–Crippen MR) is 103 cm³/mol. The van der Waals surface area contributed by atoms with Gasteiger partial charge in [0.2, 0.25) is 5.91 Å². The first kappa shape index (κ1) is 18.3. The number of halogens is 1. The number of anilines is 1. The fourth-order valence-electron chi connectivity index (χ4n) is 2.30. The van der Waals surface area contributed by atoms with Crippen molar-refractivity contribution in [1.82, 2.24) is 14.8 Å². The number of hydrogen-bond donors (Lipinski definition) is 1. The van der Waals surface area contributed by atoms with Crippen molar-refractivity contribution in [3.8, 4) is 11.4 Å². The van der Waals surface area contributed by atoms with Gasteiger partial charge in [-0.15, -0.1) is 10.2 Å². The van der Waals surface area contributed by atoms with Gasteiger partial charge in [-0.3, -0.25) is 9.36 Å². The van der Waals surface area contributed by atoms with Crippen LogP contribution < -0.4 is 10.1 Å². The van der Waals surface area contributed by atoms with Crippen molar-refractivity contribution in [2.24, 2.45) is 0 Å². The maximum absolute atomic E-state index is 12.2. The fourth-order valence-corrected chi connectivity index (χ4v) is 3.31. The molecule has 1 aromatic heterocycles. The first-order valence-electron chi connectivity index (χ1n) is 7.80. The number of methoxy groups -OCH3 is 1. The summed E-state index contributed by atoms with van der Waals surface area (Å²) >= 11 is 7.44. The van der Waals surface area contributed by atoms with Crippen LogP contribution in [0.1, 0.15) is 5.56 Å². The second-order valence-corrected chi connectivity index (χ2v) is 6.85. The van der Waals surface area contributed by atoms with E-state index in [0.29, 0.717) is 15.9 Å². The molecule has 0 bridgehead atoms. The highest BCUT2D eigenvalue weighted by Gasteiger charge is 2.12. The quantitative estimate of drug-likeness (QED) is 0.647. The van der Waals surface area contributed by atoms with E-state index in [1.807, 2.05) is 43.3 Å². The molecular formula is C18H17ClN4O2S. The van der Waals surface area contributed by atoms with Gasteiger partial charge in [0.15, 0.2) is 5.16 Å². The van der Waals surface area contributed by atoms with Gasteiger partial charge in [-0.2, -0.15) is 0 Å². The molecule has 0 atom stereocenters. The summed E-state index contributed by atoms with van der Waals surface area (Å²) in [4.78, 5) is 12.2. The summed E-state index contributed by atoms with van der Waals surface area (Å²) in [5.74, 6) is 0.757. The summed E-state index contributed by atoms with van der Waals surface area (Å²) in [6.45, 7) is 1.94. The number of ether oxygens (including phenoxy) is 1. The number of aromatic nitrogens is 3. The molecule has 2 aromatic carbocycles. The van der Waals surface area contributed by atoms with Gasteiger partial charge in [-0.1, -0.05) is 35.5 Å². The molecule has 0 aliphatic carbocycles. The van der Waals surface area contributed by atoms with Gasteiger partial charge < -0.3 is 10.1 Å². The number of carbonyl (C=O) groups is 1. The van der Waals surface area contributed by atoms with E-state index < -0.39 is 0 Å². The van der Waals surface area contributed by atoms with Crippen LogP contribution in [0.3, 0.4) is 0 Å². The first-order chi connectivity index (χ1) is 12.6. The minimum atomic E-state index is -0.166. The van der Waals surface area contributed by atoms with E-state index >= 15 is 0 Å². The third-order valence-corrected chi connectivity index (χ3v) is 4.83. The van der Waals surface area contributed by atoms with Crippen molar-refractivity contribution < 1.29 is 9.53 Å². The molecule has 1 amide bonds. The van der Waals surface area contributed by atoms with Crippen LogP contribution in [0.15, 0.2) is 53.9 Å². The minimum Gasteiger partial charge on any atom is -0.497 e. The number of nitrogens with zero attached hydrogens (tertiary/aromatic N) is 3. The summed E-state index contributed by atoms with van der Waals surface area (Å²) in [6.07, 6.45) is 1.60. The van der Waals surface area contributed by atoms with Crippen LogP contribution in [-0.2, 0) is 4.79 Å². The van der Waals surface area contributed by atoms with Crippen molar-refractivity contribution in [2.75, 3.05) is 18.2 Å². The van der Waals surface area contributed by atoms with Gasteiger partial charge >= 0.3 is 0 Å². The van der Waals surface area contributed by atoms with Gasteiger partial charge in [-0.25, -0.2) is 0 Å². The zero-order valence-electron chi connectivity index (χ0n) is 14.3. The second-order valence-electron chi connectivity index (χ2n) is 5.51. The second kappa shape index (κ2) is 8.25. The van der Waals surface area contributed by atoms with E-state index in [9.17, 15) is 4.79 Å². The molecular weight excluding hydrogens is 372 g/mol. The molecule has 0 unspecified atom stereocenters. The summed E-state index contributed by atoms with van der Waals surface area (Å²) in [5, 5.41) is 12.0. The van der Waals surface area contributed by atoms with Gasteiger partial charge in [-0.05, 0) is 36.8 Å². The standard InChI is InChI=1S/C18H17ClN4O2S/c1-12-6-7-16(15(19)8-12)21-17(24)10-26-18-22-20-11-23(18)13-4-3-5-14(9-13)25-2/h3-9,11H,10H2,1-2H3,(H,21,24). The highest BCUT2D eigenvalue weighted by molar-refractivity contribution is 7.99. The molecule has 8 heteroatoms. The molecule has 3 rings (SSSR count). The highest BCUT2D eigenvalue weighted by Crippen LogP contribution is 2.25. The maximum atomic E-state index is 12.2. The number of carbonyl (C=O) groups excluding carboxylic acids is 1. The molecule has 0 fully saturated rings. The van der Waals surface area contributed by atoms with E-state index in [2.05, 4.69) is 15.5 Å². The lowest BCUT2D eigenvalue weighted by atomic mass is 10.2. The van der Waals surface area contributed by atoms with Gasteiger partial charge in [0.1, 0.15) is 12.1 Å². The predicted octanol–water partition coefficient (Wildman–Crippen LogP) is 3.97. The lowest BCUT2D eigenvalue weighted by Crippen LogP contribution is -2.14. The van der Waals surface area contributed by atoms with Gasteiger partial charge in [0.25, 0.3) is 0 Å². The molecule has 26 heavy (non-hydrogen) atoms. The van der Waals surface area contributed by atoms with Crippen LogP contribution in [-0.4, -0.2) is 33.5 Å². The Kier molecular flexibility index (Phi) is 5.80. The third-order valence-electron chi connectivity index (χ3n) is 3.58. The molecule has 0 aliphatic rings. The zero-order chi connectivity index (χ0) is 18.5. The maximum Gasteiger partial charge on any atom is 0.234 e. The number of hydrogen-bond acceptors (Lipinski definition) is 5. The minimum absolute atomic E-state index is 0.166. The van der Waals surface area contributed by atoms with Crippen LogP contribution in [0.2, 0.25) is 5.02 Å². The van der Waals surface area contributed by atoms with Crippen molar-refractivity contribution in [1.29, 1.82) is 0 Å². The Morgan fingerprint density at radius 3 is 2.92 bits per heavy atom. The first-order valence-corrected chi connectivity index (χ1v) is 9.16. The fraction of sp³-hybridized carbons (Fsp3) is 0.167. The number of nitrogens with one attached hydrogen (secondary N) is 1. The number of aryl methyl sites for hydroxylation is 1. The molecule has 0 radical (unpaired) electrons. The SMILES string of the molecule is COc1cccc(-n2cnnc2SCC(=O)Nc2ccc(C)cc2Cl)c1. The molecule has 1 N–H and O–H groups in total. The molecule has 6 nitrogen and oxygen atoms in total. The Morgan fingerprint density at radius 1 is 1.31 bits per heavy atom. The molecule has 134 valence electrons. The Morgan fingerprint density at radius 2 is 2.15 bits per heavy atom. The monoisotopic (exact) mass is 388 g/mol. The molecule has 0 spiro atoms. The summed E-state index contributed by atoms with van der Waals surface area (Å²) in [6, 6.07) is 13.0.